The Bertz CT molecular complexity index is 1400. The lowest BCUT2D eigenvalue weighted by atomic mass is 10.1. The van der Waals surface area contributed by atoms with Gasteiger partial charge in [0.1, 0.15) is 0 Å². The zero-order valence-electron chi connectivity index (χ0n) is 16.9. The highest BCUT2D eigenvalue weighted by molar-refractivity contribution is 9.10. The Morgan fingerprint density at radius 2 is 1.90 bits per heavy atom. The van der Waals surface area contributed by atoms with E-state index in [2.05, 4.69) is 63.0 Å². The zero-order valence-corrected chi connectivity index (χ0v) is 19.3. The fourth-order valence-corrected chi connectivity index (χ4v) is 5.08. The quantitative estimate of drug-likeness (QED) is 0.307. The van der Waals surface area contributed by atoms with Gasteiger partial charge in [-0.3, -0.25) is 9.20 Å². The summed E-state index contributed by atoms with van der Waals surface area (Å²) < 4.78 is 4.14. The van der Waals surface area contributed by atoms with E-state index >= 15 is 0 Å². The van der Waals surface area contributed by atoms with E-state index in [1.54, 1.807) is 11.3 Å². The van der Waals surface area contributed by atoms with E-state index in [0.717, 1.165) is 42.9 Å². The first-order valence-corrected chi connectivity index (χ1v) is 11.8. The Kier molecular flexibility index (Phi) is 5.34. The van der Waals surface area contributed by atoms with Crippen LogP contribution in [0, 0.1) is 0 Å². The number of nitrogens with zero attached hydrogens (tertiary/aromatic N) is 2. The van der Waals surface area contributed by atoms with Gasteiger partial charge in [-0.1, -0.05) is 76.7 Å². The molecule has 0 spiro atoms. The molecular weight excluding hydrogens is 470 g/mol. The number of nitrogens with one attached hydrogen (secondary N) is 1. The molecule has 0 bridgehead atoms. The number of hydrogen-bond donors (Lipinski definition) is 1. The molecule has 0 aliphatic heterocycles. The van der Waals surface area contributed by atoms with Crippen LogP contribution in [0.2, 0.25) is 0 Å². The van der Waals surface area contributed by atoms with Crippen molar-refractivity contribution >= 4 is 48.4 Å². The second-order valence-corrected chi connectivity index (χ2v) is 9.25. The van der Waals surface area contributed by atoms with E-state index in [4.69, 9.17) is 4.98 Å². The molecule has 154 valence electrons. The van der Waals surface area contributed by atoms with Crippen LogP contribution in [0.5, 0.6) is 0 Å². The number of carbonyl (C=O) groups excluding carboxylic acids is 1. The van der Waals surface area contributed by atoms with Crippen LogP contribution in [0.3, 0.4) is 0 Å². The predicted molar refractivity (Wildman–Crippen MR) is 131 cm³/mol. The van der Waals surface area contributed by atoms with Gasteiger partial charge in [0.2, 0.25) is 0 Å². The molecule has 2 heterocycles. The summed E-state index contributed by atoms with van der Waals surface area (Å²) in [6, 6.07) is 22.3. The van der Waals surface area contributed by atoms with E-state index < -0.39 is 0 Å². The number of thiazole rings is 1. The third-order valence-electron chi connectivity index (χ3n) is 5.41. The van der Waals surface area contributed by atoms with Crippen LogP contribution < -0.4 is 5.32 Å². The van der Waals surface area contributed by atoms with Crippen LogP contribution in [0.4, 0.5) is 0 Å². The van der Waals surface area contributed by atoms with Gasteiger partial charge in [-0.05, 0) is 41.8 Å². The lowest BCUT2D eigenvalue weighted by Gasteiger charge is -2.07. The standard InChI is InChI=1S/C25H20BrN3OS/c1-2-16-7-9-17(10-8-16)21-15-29-22-12-11-18(13-23(22)31-25(29)28-21)24(30)27-14-19-5-3-4-6-20(19)26/h3-13,15H,2,14H2,1H3,(H,27,30). The fourth-order valence-electron chi connectivity index (χ4n) is 3.61. The van der Waals surface area contributed by atoms with Crippen LogP contribution in [0.25, 0.3) is 26.4 Å². The number of hydrogen-bond acceptors (Lipinski definition) is 3. The van der Waals surface area contributed by atoms with Gasteiger partial charge in [-0.2, -0.15) is 0 Å². The number of rotatable bonds is 5. The second kappa shape index (κ2) is 8.29. The van der Waals surface area contributed by atoms with E-state index in [1.165, 1.54) is 5.56 Å². The predicted octanol–water partition coefficient (Wildman–Crippen LogP) is 6.47. The molecule has 1 amide bonds. The largest absolute Gasteiger partial charge is 0.348 e. The maximum Gasteiger partial charge on any atom is 0.251 e. The number of imidazole rings is 1. The van der Waals surface area contributed by atoms with Crippen molar-refractivity contribution in [1.82, 2.24) is 14.7 Å². The lowest BCUT2D eigenvalue weighted by Crippen LogP contribution is -2.22. The average molecular weight is 490 g/mol. The molecule has 3 aromatic carbocycles. The van der Waals surface area contributed by atoms with Gasteiger partial charge in [-0.25, -0.2) is 4.98 Å². The van der Waals surface area contributed by atoms with Crippen molar-refractivity contribution in [2.45, 2.75) is 19.9 Å². The highest BCUT2D eigenvalue weighted by atomic mass is 79.9. The summed E-state index contributed by atoms with van der Waals surface area (Å²) in [5.74, 6) is -0.0830. The molecule has 0 atom stereocenters. The molecule has 5 rings (SSSR count). The molecule has 0 aliphatic carbocycles. The molecule has 6 heteroatoms. The third-order valence-corrected chi connectivity index (χ3v) is 7.20. The first kappa shape index (κ1) is 20.0. The van der Waals surface area contributed by atoms with Crippen molar-refractivity contribution in [3.8, 4) is 11.3 Å². The minimum Gasteiger partial charge on any atom is -0.348 e. The van der Waals surface area contributed by atoms with Crippen LogP contribution >= 0.6 is 27.3 Å². The molecule has 0 fully saturated rings. The highest BCUT2D eigenvalue weighted by Crippen LogP contribution is 2.30. The maximum absolute atomic E-state index is 12.7. The molecule has 31 heavy (non-hydrogen) atoms. The summed E-state index contributed by atoms with van der Waals surface area (Å²) in [5.41, 5.74) is 6.16. The van der Waals surface area contributed by atoms with Gasteiger partial charge >= 0.3 is 0 Å². The monoisotopic (exact) mass is 489 g/mol. The van der Waals surface area contributed by atoms with Crippen molar-refractivity contribution in [3.63, 3.8) is 0 Å². The SMILES string of the molecule is CCc1ccc(-c2cn3c(n2)sc2cc(C(=O)NCc4ccccc4Br)ccc23)cc1. The Balaban J connectivity index is 1.39. The summed E-state index contributed by atoms with van der Waals surface area (Å²) >= 11 is 5.12. The first-order valence-electron chi connectivity index (χ1n) is 10.1. The molecule has 0 unspecified atom stereocenters. The number of aromatic nitrogens is 2. The Morgan fingerprint density at radius 1 is 1.10 bits per heavy atom. The highest BCUT2D eigenvalue weighted by Gasteiger charge is 2.13. The van der Waals surface area contributed by atoms with Gasteiger partial charge in [0.05, 0.1) is 15.9 Å². The molecule has 0 saturated heterocycles. The maximum atomic E-state index is 12.7. The van der Waals surface area contributed by atoms with Gasteiger partial charge < -0.3 is 5.32 Å². The molecule has 1 N–H and O–H groups in total. The van der Waals surface area contributed by atoms with E-state index in [-0.39, 0.29) is 5.91 Å². The molecule has 2 aromatic heterocycles. The number of aryl methyl sites for hydroxylation is 1. The second-order valence-electron chi connectivity index (χ2n) is 7.39. The van der Waals surface area contributed by atoms with E-state index in [0.29, 0.717) is 12.1 Å². The summed E-state index contributed by atoms with van der Waals surface area (Å²) in [4.78, 5) is 18.4. The van der Waals surface area contributed by atoms with Gasteiger partial charge in [-0.15, -0.1) is 0 Å². The van der Waals surface area contributed by atoms with Crippen LogP contribution in [-0.2, 0) is 13.0 Å². The van der Waals surface area contributed by atoms with E-state index in [1.807, 2.05) is 42.5 Å². The average Bonchev–Trinajstić information content (AvgIpc) is 3.36. The number of amides is 1. The minimum atomic E-state index is -0.0830. The smallest absolute Gasteiger partial charge is 0.251 e. The fraction of sp³-hybridized carbons (Fsp3) is 0.120. The summed E-state index contributed by atoms with van der Waals surface area (Å²) in [6.45, 7) is 2.63. The number of carbonyl (C=O) groups is 1. The van der Waals surface area contributed by atoms with Gasteiger partial charge in [0.25, 0.3) is 5.91 Å². The molecule has 0 saturated carbocycles. The Hall–Kier alpha value is -2.96. The van der Waals surface area contributed by atoms with Gasteiger partial charge in [0, 0.05) is 28.3 Å². The van der Waals surface area contributed by atoms with E-state index in [9.17, 15) is 4.79 Å². The zero-order chi connectivity index (χ0) is 21.4. The van der Waals surface area contributed by atoms with Crippen molar-refractivity contribution < 1.29 is 4.79 Å². The molecular formula is C25H20BrN3OS. The van der Waals surface area contributed by atoms with Crippen molar-refractivity contribution in [2.75, 3.05) is 0 Å². The Labute approximate surface area is 192 Å². The number of halogens is 1. The molecule has 4 nitrogen and oxygen atoms in total. The number of fused-ring (bicyclic) bond motifs is 3. The lowest BCUT2D eigenvalue weighted by molar-refractivity contribution is 0.0951. The molecule has 0 radical (unpaired) electrons. The van der Waals surface area contributed by atoms with Crippen LogP contribution in [-0.4, -0.2) is 15.3 Å². The normalized spacial score (nSPS) is 11.3. The third kappa shape index (κ3) is 3.89. The minimum absolute atomic E-state index is 0.0830. The van der Waals surface area contributed by atoms with Crippen LogP contribution in [0.1, 0.15) is 28.4 Å². The van der Waals surface area contributed by atoms with Crippen molar-refractivity contribution in [2.24, 2.45) is 0 Å². The summed E-state index contributed by atoms with van der Waals surface area (Å²) in [6.07, 6.45) is 3.10. The summed E-state index contributed by atoms with van der Waals surface area (Å²) in [7, 11) is 0. The molecule has 5 aromatic rings. The van der Waals surface area contributed by atoms with Crippen molar-refractivity contribution in [3.05, 3.63) is 94.1 Å². The van der Waals surface area contributed by atoms with Gasteiger partial charge in [0.15, 0.2) is 4.96 Å². The Morgan fingerprint density at radius 3 is 2.68 bits per heavy atom. The van der Waals surface area contributed by atoms with Crippen LogP contribution in [0.15, 0.2) is 77.4 Å². The van der Waals surface area contributed by atoms with Crippen molar-refractivity contribution in [1.29, 1.82) is 0 Å². The molecule has 0 aliphatic rings. The number of benzene rings is 3. The topological polar surface area (TPSA) is 46.4 Å². The summed E-state index contributed by atoms with van der Waals surface area (Å²) in [5, 5.41) is 3.00. The first-order chi connectivity index (χ1) is 15.1.